The lowest BCUT2D eigenvalue weighted by molar-refractivity contribution is -0.150. The average molecular weight is 144 g/mol. The minimum atomic E-state index is -0.707. The van der Waals surface area contributed by atoms with Gasteiger partial charge in [-0.1, -0.05) is 0 Å². The monoisotopic (exact) mass is 144 g/mol. The third-order valence-electron chi connectivity index (χ3n) is 1.30. The molecule has 1 rings (SSSR count). The summed E-state index contributed by atoms with van der Waals surface area (Å²) in [6, 6.07) is 0. The summed E-state index contributed by atoms with van der Waals surface area (Å²) in [7, 11) is 0. The van der Waals surface area contributed by atoms with Crippen LogP contribution in [-0.4, -0.2) is 22.3 Å². The number of carbonyl (C=O) groups excluding carboxylic acids is 1. The molecule has 2 N–H and O–H groups in total. The number of ether oxygens (including phenoxy) is 1. The first-order valence-electron chi connectivity index (χ1n) is 2.91. The van der Waals surface area contributed by atoms with Gasteiger partial charge in [0.15, 0.2) is 11.9 Å². The molecular formula is C6H8O4. The van der Waals surface area contributed by atoms with Crippen molar-refractivity contribution >= 4 is 5.97 Å². The third-order valence-corrected chi connectivity index (χ3v) is 1.30. The maximum atomic E-state index is 10.5. The van der Waals surface area contributed by atoms with E-state index < -0.39 is 12.1 Å². The Kier molecular flexibility index (Phi) is 1.53. The number of carbonyl (C=O) groups is 1. The number of hydrogen-bond acceptors (Lipinski definition) is 4. The summed E-state index contributed by atoms with van der Waals surface area (Å²) in [6.45, 7) is 1.49. The van der Waals surface area contributed by atoms with Gasteiger partial charge in [-0.25, -0.2) is 0 Å². The largest absolute Gasteiger partial charge is 0.508 e. The average Bonchev–Trinajstić information content (AvgIpc) is 1.82. The van der Waals surface area contributed by atoms with Gasteiger partial charge in [0, 0.05) is 0 Å². The van der Waals surface area contributed by atoms with Crippen LogP contribution in [-0.2, 0) is 9.53 Å². The number of esters is 1. The zero-order chi connectivity index (χ0) is 7.72. The Hall–Kier alpha value is -1.19. The summed E-state index contributed by atoms with van der Waals surface area (Å²) in [4.78, 5) is 10.5. The van der Waals surface area contributed by atoms with E-state index in [1.807, 2.05) is 0 Å². The second-order valence-electron chi connectivity index (χ2n) is 2.14. The standard InChI is InChI=1S/C6H8O4/c1-3-6(9)4(7)2-5(8)10-3/h3,7,9H,2H2,1H3. The lowest BCUT2D eigenvalue weighted by Gasteiger charge is -2.18. The molecule has 4 nitrogen and oxygen atoms in total. The molecule has 0 saturated heterocycles. The van der Waals surface area contributed by atoms with E-state index >= 15 is 0 Å². The molecule has 4 heteroatoms. The predicted octanol–water partition coefficient (Wildman–Crippen LogP) is 0.649. The van der Waals surface area contributed by atoms with E-state index in [0.717, 1.165) is 0 Å². The third kappa shape index (κ3) is 1.05. The second kappa shape index (κ2) is 2.21. The van der Waals surface area contributed by atoms with Crippen LogP contribution in [0.15, 0.2) is 11.5 Å². The highest BCUT2D eigenvalue weighted by atomic mass is 16.6. The van der Waals surface area contributed by atoms with Crippen molar-refractivity contribution in [3.8, 4) is 0 Å². The zero-order valence-electron chi connectivity index (χ0n) is 5.50. The van der Waals surface area contributed by atoms with Crippen LogP contribution in [0.2, 0.25) is 0 Å². The molecule has 1 aliphatic rings. The minimum absolute atomic E-state index is 0.226. The summed E-state index contributed by atoms with van der Waals surface area (Å²) in [5.74, 6) is -1.05. The molecule has 56 valence electrons. The molecule has 0 spiro atoms. The Morgan fingerprint density at radius 2 is 2.20 bits per heavy atom. The summed E-state index contributed by atoms with van der Waals surface area (Å²) < 4.78 is 4.56. The molecule has 1 atom stereocenters. The van der Waals surface area contributed by atoms with E-state index in [0.29, 0.717) is 0 Å². The fraction of sp³-hybridized carbons (Fsp3) is 0.500. The Morgan fingerprint density at radius 3 is 2.70 bits per heavy atom. The quantitative estimate of drug-likeness (QED) is 0.490. The molecule has 1 unspecified atom stereocenters. The number of rotatable bonds is 0. The Morgan fingerprint density at radius 1 is 1.60 bits per heavy atom. The maximum Gasteiger partial charge on any atom is 0.314 e. The number of aliphatic hydroxyl groups is 2. The van der Waals surface area contributed by atoms with Gasteiger partial charge in [-0.2, -0.15) is 0 Å². The van der Waals surface area contributed by atoms with E-state index in [1.165, 1.54) is 6.92 Å². The molecule has 0 aromatic rings. The zero-order valence-corrected chi connectivity index (χ0v) is 5.50. The van der Waals surface area contributed by atoms with Crippen molar-refractivity contribution in [2.45, 2.75) is 19.4 Å². The van der Waals surface area contributed by atoms with E-state index in [9.17, 15) is 4.79 Å². The van der Waals surface area contributed by atoms with Gasteiger partial charge >= 0.3 is 5.97 Å². The number of cyclic esters (lactones) is 1. The van der Waals surface area contributed by atoms with E-state index in [1.54, 1.807) is 0 Å². The number of aliphatic hydroxyl groups excluding tert-OH is 2. The molecule has 0 radical (unpaired) electrons. The molecular weight excluding hydrogens is 136 g/mol. The van der Waals surface area contributed by atoms with E-state index in [-0.39, 0.29) is 17.9 Å². The van der Waals surface area contributed by atoms with Crippen molar-refractivity contribution in [2.24, 2.45) is 0 Å². The molecule has 0 saturated carbocycles. The molecule has 1 aliphatic heterocycles. The Labute approximate surface area is 57.7 Å². The molecule has 0 aromatic heterocycles. The molecule has 0 bridgehead atoms. The summed E-state index contributed by atoms with van der Waals surface area (Å²) in [5, 5.41) is 17.8. The molecule has 0 aromatic carbocycles. The highest BCUT2D eigenvalue weighted by Crippen LogP contribution is 2.17. The summed E-state index contributed by atoms with van der Waals surface area (Å²) in [6.07, 6.45) is -0.933. The molecule has 0 amide bonds. The highest BCUT2D eigenvalue weighted by Gasteiger charge is 2.24. The van der Waals surface area contributed by atoms with Crippen LogP contribution in [0.4, 0.5) is 0 Å². The number of hydrogen-bond donors (Lipinski definition) is 2. The summed E-state index contributed by atoms with van der Waals surface area (Å²) >= 11 is 0. The summed E-state index contributed by atoms with van der Waals surface area (Å²) in [5.41, 5.74) is 0. The fourth-order valence-corrected chi connectivity index (χ4v) is 0.757. The first-order chi connectivity index (χ1) is 4.61. The molecule has 0 fully saturated rings. The molecule has 1 heterocycles. The van der Waals surface area contributed by atoms with E-state index in [4.69, 9.17) is 10.2 Å². The first-order valence-corrected chi connectivity index (χ1v) is 2.91. The van der Waals surface area contributed by atoms with Crippen molar-refractivity contribution in [3.63, 3.8) is 0 Å². The van der Waals surface area contributed by atoms with Gasteiger partial charge < -0.3 is 14.9 Å². The van der Waals surface area contributed by atoms with Gasteiger partial charge in [0.2, 0.25) is 0 Å². The van der Waals surface area contributed by atoms with Gasteiger partial charge in [-0.3, -0.25) is 4.79 Å². The normalized spacial score (nSPS) is 26.5. The molecule has 0 aliphatic carbocycles. The van der Waals surface area contributed by atoms with Crippen LogP contribution in [0.5, 0.6) is 0 Å². The van der Waals surface area contributed by atoms with Crippen LogP contribution >= 0.6 is 0 Å². The van der Waals surface area contributed by atoms with Crippen molar-refractivity contribution in [1.29, 1.82) is 0 Å². The SMILES string of the molecule is CC1OC(=O)CC(O)=C1O. The lowest BCUT2D eigenvalue weighted by atomic mass is 10.2. The first kappa shape index (κ1) is 6.92. The van der Waals surface area contributed by atoms with Crippen molar-refractivity contribution in [1.82, 2.24) is 0 Å². The highest BCUT2D eigenvalue weighted by molar-refractivity contribution is 5.73. The van der Waals surface area contributed by atoms with Crippen molar-refractivity contribution < 1.29 is 19.7 Å². The fourth-order valence-electron chi connectivity index (χ4n) is 0.757. The smallest absolute Gasteiger partial charge is 0.314 e. The predicted molar refractivity (Wildman–Crippen MR) is 32.5 cm³/mol. The topological polar surface area (TPSA) is 66.8 Å². The van der Waals surface area contributed by atoms with Crippen molar-refractivity contribution in [2.75, 3.05) is 0 Å². The second-order valence-corrected chi connectivity index (χ2v) is 2.14. The lowest BCUT2D eigenvalue weighted by Crippen LogP contribution is -2.24. The van der Waals surface area contributed by atoms with Crippen LogP contribution in [0.1, 0.15) is 13.3 Å². The van der Waals surface area contributed by atoms with Crippen LogP contribution in [0.3, 0.4) is 0 Å². The van der Waals surface area contributed by atoms with Crippen LogP contribution in [0, 0.1) is 0 Å². The Bertz CT molecular complexity index is 194. The minimum Gasteiger partial charge on any atom is -0.508 e. The van der Waals surface area contributed by atoms with Gasteiger partial charge in [0.05, 0.1) is 0 Å². The van der Waals surface area contributed by atoms with E-state index in [2.05, 4.69) is 4.74 Å². The van der Waals surface area contributed by atoms with Gasteiger partial charge in [0.1, 0.15) is 12.2 Å². The maximum absolute atomic E-state index is 10.5. The van der Waals surface area contributed by atoms with Gasteiger partial charge in [0.25, 0.3) is 0 Å². The van der Waals surface area contributed by atoms with Crippen LogP contribution in [0.25, 0.3) is 0 Å². The van der Waals surface area contributed by atoms with Crippen LogP contribution < -0.4 is 0 Å². The molecule has 10 heavy (non-hydrogen) atoms. The Balaban J connectivity index is 2.84. The van der Waals surface area contributed by atoms with Crippen molar-refractivity contribution in [3.05, 3.63) is 11.5 Å². The van der Waals surface area contributed by atoms with Gasteiger partial charge in [-0.15, -0.1) is 0 Å². The van der Waals surface area contributed by atoms with Gasteiger partial charge in [-0.05, 0) is 6.92 Å².